The molecule has 0 aromatic heterocycles. The molecule has 0 aliphatic carbocycles. The second kappa shape index (κ2) is 6.29. The molecule has 0 bridgehead atoms. The number of aliphatic imine (C=N–C) groups is 1. The Hall–Kier alpha value is -3.03. The van der Waals surface area contributed by atoms with Crippen molar-refractivity contribution in [1.29, 1.82) is 0 Å². The highest BCUT2D eigenvalue weighted by Crippen LogP contribution is 2.31. The van der Waals surface area contributed by atoms with E-state index in [0.29, 0.717) is 6.54 Å². The van der Waals surface area contributed by atoms with Crippen molar-refractivity contribution in [2.24, 2.45) is 4.99 Å². The Morgan fingerprint density at radius 1 is 1.19 bits per heavy atom. The number of aryl methyl sites for hydroxylation is 2. The van der Waals surface area contributed by atoms with Gasteiger partial charge in [0.15, 0.2) is 12.2 Å². The smallest absolute Gasteiger partial charge is 0.325 e. The minimum Gasteiger partial charge on any atom is -0.383 e. The van der Waals surface area contributed by atoms with Gasteiger partial charge in [0.2, 0.25) is 5.96 Å². The second-order valence-electron chi connectivity index (χ2n) is 7.25. The van der Waals surface area contributed by atoms with E-state index in [1.165, 1.54) is 16.0 Å². The van der Waals surface area contributed by atoms with E-state index in [1.54, 1.807) is 7.05 Å². The van der Waals surface area contributed by atoms with Crippen LogP contribution in [0.2, 0.25) is 0 Å². The monoisotopic (exact) mass is 368 g/mol. The second-order valence-corrected chi connectivity index (χ2v) is 7.25. The maximum absolute atomic E-state index is 12.3. The molecule has 1 aromatic rings. The van der Waals surface area contributed by atoms with Crippen LogP contribution in [0.15, 0.2) is 35.1 Å². The highest BCUT2D eigenvalue weighted by molar-refractivity contribution is 6.04. The van der Waals surface area contributed by atoms with Crippen molar-refractivity contribution in [3.05, 3.63) is 41.2 Å². The number of urea groups is 1. The summed E-state index contributed by atoms with van der Waals surface area (Å²) in [6.45, 7) is 7.65. The quantitative estimate of drug-likeness (QED) is 0.841. The fourth-order valence-corrected chi connectivity index (χ4v) is 3.69. The lowest BCUT2D eigenvalue weighted by atomic mass is 10.1. The minimum absolute atomic E-state index is 0.305. The number of benzene rings is 1. The first-order valence-electron chi connectivity index (χ1n) is 9.07. The first-order valence-corrected chi connectivity index (χ1v) is 9.07. The Bertz CT molecular complexity index is 877. The fraction of sp³-hybridized carbons (Fsp3) is 0.421. The molecule has 3 aliphatic heterocycles. The minimum atomic E-state index is -0.504. The zero-order valence-electron chi connectivity index (χ0n) is 16.0. The predicted molar refractivity (Wildman–Crippen MR) is 103 cm³/mol. The molecule has 0 saturated carbocycles. The van der Waals surface area contributed by atoms with Crippen LogP contribution < -0.4 is 10.6 Å². The Balaban J connectivity index is 1.46. The number of likely N-dealkylation sites (N-methyl/N-ethyl adjacent to an activating group) is 1. The van der Waals surface area contributed by atoms with Crippen LogP contribution in [0.3, 0.4) is 0 Å². The maximum Gasteiger partial charge on any atom is 0.325 e. The summed E-state index contributed by atoms with van der Waals surface area (Å²) in [6.07, 6.45) is 1.45. The summed E-state index contributed by atoms with van der Waals surface area (Å²) in [4.78, 5) is 34.3. The van der Waals surface area contributed by atoms with Crippen molar-refractivity contribution in [3.63, 3.8) is 0 Å². The van der Waals surface area contributed by atoms with Crippen LogP contribution >= 0.6 is 0 Å². The number of rotatable bonds is 4. The summed E-state index contributed by atoms with van der Waals surface area (Å²) in [5.41, 5.74) is 4.64. The van der Waals surface area contributed by atoms with Crippen molar-refractivity contribution in [2.75, 3.05) is 25.5 Å². The Labute approximate surface area is 158 Å². The molecule has 8 nitrogen and oxygen atoms in total. The van der Waals surface area contributed by atoms with Gasteiger partial charge in [-0.15, -0.1) is 0 Å². The molecule has 1 saturated heterocycles. The summed E-state index contributed by atoms with van der Waals surface area (Å²) in [7, 11) is 1.66. The van der Waals surface area contributed by atoms with Crippen LogP contribution in [0.5, 0.6) is 0 Å². The van der Waals surface area contributed by atoms with Gasteiger partial charge in [-0.1, -0.05) is 6.07 Å². The highest BCUT2D eigenvalue weighted by atomic mass is 16.2. The number of imide groups is 1. The number of amides is 3. The zero-order chi connectivity index (χ0) is 19.3. The van der Waals surface area contributed by atoms with Crippen molar-refractivity contribution < 1.29 is 9.59 Å². The molecule has 1 fully saturated rings. The number of nitrogens with one attached hydrogen (secondary N) is 2. The highest BCUT2D eigenvalue weighted by Gasteiger charge is 2.51. The molecule has 27 heavy (non-hydrogen) atoms. The average Bonchev–Trinajstić information content (AvgIpc) is 3.12. The van der Waals surface area contributed by atoms with Gasteiger partial charge >= 0.3 is 6.03 Å². The van der Waals surface area contributed by atoms with Crippen molar-refractivity contribution >= 4 is 23.6 Å². The lowest BCUT2D eigenvalue weighted by Gasteiger charge is -2.34. The molecule has 0 spiro atoms. The number of hydrogen-bond acceptors (Lipinski definition) is 6. The van der Waals surface area contributed by atoms with E-state index in [1.807, 2.05) is 18.0 Å². The maximum atomic E-state index is 12.3. The van der Waals surface area contributed by atoms with Crippen LogP contribution in [-0.2, 0) is 4.79 Å². The van der Waals surface area contributed by atoms with Gasteiger partial charge < -0.3 is 20.0 Å². The van der Waals surface area contributed by atoms with Gasteiger partial charge in [-0.25, -0.2) is 9.79 Å². The number of allylic oxidation sites excluding steroid dienone is 1. The van der Waals surface area contributed by atoms with Crippen molar-refractivity contribution in [3.8, 4) is 0 Å². The van der Waals surface area contributed by atoms with E-state index in [0.717, 1.165) is 23.9 Å². The predicted octanol–water partition coefficient (Wildman–Crippen LogP) is 1.44. The number of carbonyl (C=O) groups excluding carboxylic acids is 2. The Kier molecular flexibility index (Phi) is 4.05. The van der Waals surface area contributed by atoms with Crippen LogP contribution in [0.25, 0.3) is 0 Å². The zero-order valence-corrected chi connectivity index (χ0v) is 16.0. The molecule has 8 heteroatoms. The van der Waals surface area contributed by atoms with Gasteiger partial charge in [-0.3, -0.25) is 10.1 Å². The summed E-state index contributed by atoms with van der Waals surface area (Å²) in [6, 6.07) is 5.41. The largest absolute Gasteiger partial charge is 0.383 e. The van der Waals surface area contributed by atoms with E-state index in [2.05, 4.69) is 52.6 Å². The average molecular weight is 368 g/mol. The molecule has 0 radical (unpaired) electrons. The third kappa shape index (κ3) is 2.81. The molecule has 3 amide bonds. The Morgan fingerprint density at radius 3 is 2.70 bits per heavy atom. The van der Waals surface area contributed by atoms with Gasteiger partial charge in [0, 0.05) is 37.7 Å². The van der Waals surface area contributed by atoms with Gasteiger partial charge in [-0.2, -0.15) is 0 Å². The lowest BCUT2D eigenvalue weighted by molar-refractivity contribution is -0.126. The molecule has 3 aliphatic rings. The molecule has 3 heterocycles. The Morgan fingerprint density at radius 2 is 1.96 bits per heavy atom. The number of anilines is 1. The SMILES string of the molecule is CC1=CN2C(=NC3C2C(=O)NC(=O)N3C)N1CCNc1ccc(C)c(C)c1. The van der Waals surface area contributed by atoms with Crippen molar-refractivity contribution in [2.45, 2.75) is 33.0 Å². The van der Waals surface area contributed by atoms with Crippen LogP contribution in [0, 0.1) is 13.8 Å². The third-order valence-electron chi connectivity index (χ3n) is 5.44. The van der Waals surface area contributed by atoms with Crippen LogP contribution in [0.4, 0.5) is 10.5 Å². The molecule has 2 unspecified atom stereocenters. The number of carbonyl (C=O) groups is 2. The lowest BCUT2D eigenvalue weighted by Crippen LogP contribution is -2.62. The fourth-order valence-electron chi connectivity index (χ4n) is 3.69. The first kappa shape index (κ1) is 17.4. The summed E-state index contributed by atoms with van der Waals surface area (Å²) in [5, 5.41) is 5.83. The summed E-state index contributed by atoms with van der Waals surface area (Å²) in [5.74, 6) is 0.419. The third-order valence-corrected chi connectivity index (χ3v) is 5.44. The summed E-state index contributed by atoms with van der Waals surface area (Å²) >= 11 is 0. The molecular formula is C19H24N6O2. The van der Waals surface area contributed by atoms with E-state index < -0.39 is 18.2 Å². The van der Waals surface area contributed by atoms with Gasteiger partial charge in [0.1, 0.15) is 0 Å². The molecule has 2 N–H and O–H groups in total. The number of hydrogen-bond donors (Lipinski definition) is 2. The van der Waals surface area contributed by atoms with E-state index >= 15 is 0 Å². The van der Waals surface area contributed by atoms with E-state index in [-0.39, 0.29) is 5.91 Å². The number of nitrogens with zero attached hydrogens (tertiary/aromatic N) is 4. The van der Waals surface area contributed by atoms with Gasteiger partial charge in [0.05, 0.1) is 0 Å². The van der Waals surface area contributed by atoms with Gasteiger partial charge in [0.25, 0.3) is 5.91 Å². The topological polar surface area (TPSA) is 80.3 Å². The molecule has 2 atom stereocenters. The summed E-state index contributed by atoms with van der Waals surface area (Å²) < 4.78 is 0. The van der Waals surface area contributed by atoms with E-state index in [4.69, 9.17) is 0 Å². The molecule has 142 valence electrons. The number of guanidine groups is 1. The number of fused-ring (bicyclic) bond motifs is 3. The van der Waals surface area contributed by atoms with Gasteiger partial charge in [-0.05, 0) is 44.0 Å². The molecule has 4 rings (SSSR count). The first-order chi connectivity index (χ1) is 12.9. The molecular weight excluding hydrogens is 344 g/mol. The standard InChI is InChI=1S/C19H24N6O2/c1-11-5-6-14(9-12(11)2)20-7-8-24-13(3)10-25-15-16(21-18(24)25)23(4)19(27)22-17(15)26/h5-6,9-10,15-16,20H,7-8H2,1-4H3,(H,22,26,27). The van der Waals surface area contributed by atoms with E-state index in [9.17, 15) is 9.59 Å². The van der Waals surface area contributed by atoms with Crippen molar-refractivity contribution in [1.82, 2.24) is 20.0 Å². The van der Waals surface area contributed by atoms with Crippen LogP contribution in [0.1, 0.15) is 18.1 Å². The molecule has 1 aromatic carbocycles. The normalized spacial score (nSPS) is 23.8. The van der Waals surface area contributed by atoms with Crippen LogP contribution in [-0.4, -0.2) is 64.9 Å².